The molecule has 154 valence electrons. The number of nitrogens with zero attached hydrogens (tertiary/aromatic N) is 5. The minimum Gasteiger partial charge on any atom is -0.381 e. The molecular formula is C22H18FN7O. The molecule has 0 aliphatic rings. The quantitative estimate of drug-likeness (QED) is 0.471. The molecule has 5 rings (SSSR count). The third-order valence-electron chi connectivity index (χ3n) is 5.15. The molecule has 0 unspecified atom stereocenters. The summed E-state index contributed by atoms with van der Waals surface area (Å²) < 4.78 is 17.7. The fraction of sp³-hybridized carbons (Fsp3) is 0.0909. The van der Waals surface area contributed by atoms with Gasteiger partial charge < -0.3 is 15.5 Å². The van der Waals surface area contributed by atoms with Gasteiger partial charge in [-0.15, -0.1) is 0 Å². The number of hydrogen-bond donors (Lipinski definition) is 2. The minimum atomic E-state index is -0.387. The van der Waals surface area contributed by atoms with Crippen molar-refractivity contribution in [2.45, 2.75) is 6.92 Å². The van der Waals surface area contributed by atoms with Gasteiger partial charge in [-0.3, -0.25) is 9.20 Å². The molecule has 5 aromatic rings. The van der Waals surface area contributed by atoms with Crippen LogP contribution in [0, 0.1) is 12.7 Å². The number of hydrogen-bond acceptors (Lipinski definition) is 5. The van der Waals surface area contributed by atoms with Crippen LogP contribution in [0.5, 0.6) is 0 Å². The smallest absolute Gasteiger partial charge is 0.271 e. The third-order valence-corrected chi connectivity index (χ3v) is 5.15. The van der Waals surface area contributed by atoms with Crippen LogP contribution in [-0.4, -0.2) is 36.7 Å². The summed E-state index contributed by atoms with van der Waals surface area (Å²) in [4.78, 5) is 25.5. The molecule has 4 heterocycles. The molecule has 0 saturated carbocycles. The zero-order chi connectivity index (χ0) is 21.7. The van der Waals surface area contributed by atoms with Gasteiger partial charge >= 0.3 is 0 Å². The van der Waals surface area contributed by atoms with Crippen molar-refractivity contribution in [1.29, 1.82) is 0 Å². The van der Waals surface area contributed by atoms with Crippen molar-refractivity contribution in [2.24, 2.45) is 0 Å². The van der Waals surface area contributed by atoms with Crippen LogP contribution in [0.25, 0.3) is 33.8 Å². The molecule has 0 atom stereocenters. The van der Waals surface area contributed by atoms with E-state index in [0.29, 0.717) is 22.6 Å². The number of halogens is 1. The summed E-state index contributed by atoms with van der Waals surface area (Å²) in [5.41, 5.74) is 10.9. The molecule has 0 fully saturated rings. The van der Waals surface area contributed by atoms with E-state index in [9.17, 15) is 9.18 Å². The van der Waals surface area contributed by atoms with Crippen LogP contribution in [0.15, 0.2) is 55.0 Å². The Morgan fingerprint density at radius 1 is 1.10 bits per heavy atom. The molecule has 31 heavy (non-hydrogen) atoms. The number of imidazole rings is 2. The second-order valence-electron chi connectivity index (χ2n) is 7.15. The molecule has 4 aromatic heterocycles. The van der Waals surface area contributed by atoms with E-state index in [1.54, 1.807) is 28.9 Å². The van der Waals surface area contributed by atoms with E-state index < -0.39 is 0 Å². The van der Waals surface area contributed by atoms with Crippen molar-refractivity contribution in [3.63, 3.8) is 0 Å². The number of nitrogen functional groups attached to an aromatic ring is 1. The maximum absolute atomic E-state index is 14.0. The number of fused-ring (bicyclic) bond motifs is 2. The predicted octanol–water partition coefficient (Wildman–Crippen LogP) is 3.10. The molecule has 3 N–H and O–H groups in total. The first-order valence-corrected chi connectivity index (χ1v) is 9.57. The van der Waals surface area contributed by atoms with Crippen LogP contribution < -0.4 is 11.1 Å². The maximum atomic E-state index is 14.0. The molecule has 0 bridgehead atoms. The van der Waals surface area contributed by atoms with E-state index in [0.717, 1.165) is 16.9 Å². The second-order valence-corrected chi connectivity index (χ2v) is 7.15. The van der Waals surface area contributed by atoms with Crippen molar-refractivity contribution in [3.8, 4) is 22.5 Å². The van der Waals surface area contributed by atoms with Gasteiger partial charge in [0.2, 0.25) is 0 Å². The Morgan fingerprint density at radius 3 is 2.71 bits per heavy atom. The average molecular weight is 415 g/mol. The topological polar surface area (TPSA) is 103 Å². The highest BCUT2D eigenvalue weighted by molar-refractivity contribution is 5.94. The Balaban J connectivity index is 1.89. The lowest BCUT2D eigenvalue weighted by Crippen LogP contribution is -2.17. The van der Waals surface area contributed by atoms with Gasteiger partial charge in [0, 0.05) is 42.5 Å². The standard InChI is InChI=1S/C22H18FN7O/c1-12-9-26-17-7-6-14(10-29(12)17)19-18(13-4-3-5-15(23)8-13)28-20(24)21-27-16(11-30(19)21)22(31)25-2/h3-11H,1-2H3,(H2,24,28)(H,25,31). The van der Waals surface area contributed by atoms with Crippen molar-refractivity contribution < 1.29 is 9.18 Å². The lowest BCUT2D eigenvalue weighted by Gasteiger charge is -2.14. The number of aromatic nitrogens is 5. The molecule has 1 aromatic carbocycles. The first kappa shape index (κ1) is 18.7. The Kier molecular flexibility index (Phi) is 4.18. The summed E-state index contributed by atoms with van der Waals surface area (Å²) in [7, 11) is 1.53. The summed E-state index contributed by atoms with van der Waals surface area (Å²) in [5, 5.41) is 2.56. The van der Waals surface area contributed by atoms with Gasteiger partial charge in [0.25, 0.3) is 5.91 Å². The normalized spacial score (nSPS) is 11.3. The summed E-state index contributed by atoms with van der Waals surface area (Å²) in [6.07, 6.45) is 5.31. The average Bonchev–Trinajstić information content (AvgIpc) is 3.38. The lowest BCUT2D eigenvalue weighted by molar-refractivity contribution is 0.0959. The van der Waals surface area contributed by atoms with Crippen molar-refractivity contribution in [1.82, 2.24) is 29.1 Å². The fourth-order valence-corrected chi connectivity index (χ4v) is 3.66. The number of anilines is 1. The van der Waals surface area contributed by atoms with Gasteiger partial charge in [0.1, 0.15) is 17.2 Å². The van der Waals surface area contributed by atoms with Crippen molar-refractivity contribution in [2.75, 3.05) is 12.8 Å². The van der Waals surface area contributed by atoms with Crippen molar-refractivity contribution in [3.05, 3.63) is 72.2 Å². The number of amides is 1. The van der Waals surface area contributed by atoms with Crippen LogP contribution in [0.2, 0.25) is 0 Å². The number of carbonyl (C=O) groups is 1. The van der Waals surface area contributed by atoms with Crippen LogP contribution in [0.1, 0.15) is 16.2 Å². The molecule has 0 spiro atoms. The zero-order valence-corrected chi connectivity index (χ0v) is 16.8. The number of carbonyl (C=O) groups excluding carboxylic acids is 1. The largest absolute Gasteiger partial charge is 0.381 e. The highest BCUT2D eigenvalue weighted by Crippen LogP contribution is 2.34. The van der Waals surface area contributed by atoms with Crippen LogP contribution in [0.4, 0.5) is 10.2 Å². The number of nitrogens with two attached hydrogens (primary N) is 1. The number of rotatable bonds is 3. The molecule has 0 radical (unpaired) electrons. The Hall–Kier alpha value is -4.27. The molecule has 0 aliphatic carbocycles. The third kappa shape index (κ3) is 2.98. The van der Waals surface area contributed by atoms with Crippen LogP contribution in [0.3, 0.4) is 0 Å². The van der Waals surface area contributed by atoms with Gasteiger partial charge in [-0.05, 0) is 31.2 Å². The lowest BCUT2D eigenvalue weighted by atomic mass is 10.0. The molecule has 0 aliphatic heterocycles. The minimum absolute atomic E-state index is 0.137. The number of nitrogens with one attached hydrogen (secondary N) is 1. The Morgan fingerprint density at radius 2 is 1.94 bits per heavy atom. The van der Waals surface area contributed by atoms with E-state index >= 15 is 0 Å². The molecule has 9 heteroatoms. The van der Waals surface area contributed by atoms with Gasteiger partial charge in [0.05, 0.1) is 11.4 Å². The molecule has 1 amide bonds. The van der Waals surface area contributed by atoms with Gasteiger partial charge in [-0.1, -0.05) is 12.1 Å². The fourth-order valence-electron chi connectivity index (χ4n) is 3.66. The number of benzene rings is 1. The first-order chi connectivity index (χ1) is 15.0. The highest BCUT2D eigenvalue weighted by atomic mass is 19.1. The molecular weight excluding hydrogens is 397 g/mol. The monoisotopic (exact) mass is 415 g/mol. The summed E-state index contributed by atoms with van der Waals surface area (Å²) in [6, 6.07) is 9.93. The Labute approximate surface area is 176 Å². The molecule has 0 saturated heterocycles. The van der Waals surface area contributed by atoms with Crippen LogP contribution in [-0.2, 0) is 0 Å². The number of pyridine rings is 1. The first-order valence-electron chi connectivity index (χ1n) is 9.57. The van der Waals surface area contributed by atoms with Crippen molar-refractivity contribution >= 4 is 23.0 Å². The van der Waals surface area contributed by atoms with E-state index in [4.69, 9.17) is 5.73 Å². The van der Waals surface area contributed by atoms with Gasteiger partial charge in [-0.2, -0.15) is 0 Å². The predicted molar refractivity (Wildman–Crippen MR) is 115 cm³/mol. The molecule has 8 nitrogen and oxygen atoms in total. The van der Waals surface area contributed by atoms with Crippen LogP contribution >= 0.6 is 0 Å². The van der Waals surface area contributed by atoms with E-state index in [-0.39, 0.29) is 23.2 Å². The zero-order valence-electron chi connectivity index (χ0n) is 16.8. The summed E-state index contributed by atoms with van der Waals surface area (Å²) in [6.45, 7) is 1.95. The van der Waals surface area contributed by atoms with Gasteiger partial charge in [-0.25, -0.2) is 19.3 Å². The highest BCUT2D eigenvalue weighted by Gasteiger charge is 2.21. The Bertz CT molecular complexity index is 1480. The van der Waals surface area contributed by atoms with E-state index in [1.165, 1.54) is 19.2 Å². The summed E-state index contributed by atoms with van der Waals surface area (Å²) >= 11 is 0. The maximum Gasteiger partial charge on any atom is 0.271 e. The number of aryl methyl sites for hydroxylation is 1. The van der Waals surface area contributed by atoms with E-state index in [1.807, 2.05) is 29.7 Å². The second kappa shape index (κ2) is 6.91. The van der Waals surface area contributed by atoms with E-state index in [2.05, 4.69) is 20.3 Å². The van der Waals surface area contributed by atoms with Gasteiger partial charge in [0.15, 0.2) is 11.5 Å². The summed E-state index contributed by atoms with van der Waals surface area (Å²) in [5.74, 6) is -0.596. The SMILES string of the molecule is CNC(=O)c1cn2c(-c3ccc4ncc(C)n4c3)c(-c3cccc(F)c3)nc(N)c2n1.